The summed E-state index contributed by atoms with van der Waals surface area (Å²) in [5.74, 6) is -0.835. The molecule has 146 valence electrons. The van der Waals surface area contributed by atoms with Crippen LogP contribution in [0, 0.1) is 5.41 Å². The minimum atomic E-state index is -0.969. The molecule has 0 bridgehead atoms. The van der Waals surface area contributed by atoms with E-state index in [4.69, 9.17) is 4.74 Å². The molecule has 27 heavy (non-hydrogen) atoms. The van der Waals surface area contributed by atoms with E-state index in [1.165, 1.54) is 11.8 Å². The van der Waals surface area contributed by atoms with Crippen molar-refractivity contribution in [1.82, 2.24) is 9.88 Å². The number of aryl methyl sites for hydroxylation is 1. The van der Waals surface area contributed by atoms with Crippen LogP contribution in [0.25, 0.3) is 10.2 Å². The molecule has 1 amide bonds. The Morgan fingerprint density at radius 3 is 2.89 bits per heavy atom. The number of unbranched alkanes of at least 4 members (excludes halogenated alkanes) is 1. The first-order chi connectivity index (χ1) is 13.0. The Balaban J connectivity index is 1.47. The Morgan fingerprint density at radius 2 is 2.15 bits per heavy atom. The van der Waals surface area contributed by atoms with Crippen molar-refractivity contribution in [1.29, 1.82) is 0 Å². The highest BCUT2D eigenvalue weighted by molar-refractivity contribution is 7.18. The van der Waals surface area contributed by atoms with E-state index in [0.29, 0.717) is 25.8 Å². The Labute approximate surface area is 163 Å². The number of aliphatic carboxylic acids is 1. The van der Waals surface area contributed by atoms with Crippen molar-refractivity contribution in [2.75, 3.05) is 26.8 Å². The number of carboxylic acid groups (broad SMARTS) is 1. The zero-order chi connectivity index (χ0) is 19.3. The molecule has 2 aromatic rings. The zero-order valence-corrected chi connectivity index (χ0v) is 16.5. The van der Waals surface area contributed by atoms with Crippen LogP contribution in [0.4, 0.5) is 0 Å². The molecule has 1 aromatic carbocycles. The van der Waals surface area contributed by atoms with E-state index in [9.17, 15) is 14.7 Å². The van der Waals surface area contributed by atoms with Crippen LogP contribution < -0.4 is 0 Å². The van der Waals surface area contributed by atoms with Crippen LogP contribution in [0.15, 0.2) is 24.3 Å². The van der Waals surface area contributed by atoms with Gasteiger partial charge in [-0.05, 0) is 44.2 Å². The number of thiazole rings is 1. The quantitative estimate of drug-likeness (QED) is 0.699. The van der Waals surface area contributed by atoms with Crippen molar-refractivity contribution in [3.05, 3.63) is 29.3 Å². The van der Waals surface area contributed by atoms with Gasteiger partial charge in [-0.3, -0.25) is 9.59 Å². The molecule has 3 rings (SSSR count). The number of fused-ring (bicyclic) bond motifs is 1. The molecule has 2 heterocycles. The third-order valence-electron chi connectivity index (χ3n) is 5.17. The van der Waals surface area contributed by atoms with Crippen LogP contribution in [0.5, 0.6) is 0 Å². The maximum Gasteiger partial charge on any atom is 0.313 e. The average Bonchev–Trinajstić information content (AvgIpc) is 3.08. The highest BCUT2D eigenvalue weighted by Gasteiger charge is 2.43. The molecule has 1 saturated heterocycles. The monoisotopic (exact) mass is 390 g/mol. The molecule has 6 nitrogen and oxygen atoms in total. The lowest BCUT2D eigenvalue weighted by molar-refractivity contribution is -0.159. The maximum absolute atomic E-state index is 12.5. The summed E-state index contributed by atoms with van der Waals surface area (Å²) in [7, 11) is 1.51. The normalized spacial score (nSPS) is 20.1. The van der Waals surface area contributed by atoms with Crippen molar-refractivity contribution in [3.63, 3.8) is 0 Å². The van der Waals surface area contributed by atoms with E-state index >= 15 is 0 Å². The standard InChI is InChI=1S/C20H26N2O4S/c1-26-14-20(19(24)25)11-6-12-22(13-20)18(23)10-5-4-9-17-21-15-7-2-3-8-16(15)27-17/h2-3,7-8H,4-6,9-14H2,1H3,(H,24,25). The minimum Gasteiger partial charge on any atom is -0.481 e. The fourth-order valence-corrected chi connectivity index (χ4v) is 4.72. The number of hydrogen-bond acceptors (Lipinski definition) is 5. The molecule has 1 aromatic heterocycles. The van der Waals surface area contributed by atoms with Gasteiger partial charge in [0.1, 0.15) is 5.41 Å². The number of ether oxygens (including phenoxy) is 1. The van der Waals surface area contributed by atoms with Gasteiger partial charge in [0.25, 0.3) is 0 Å². The van der Waals surface area contributed by atoms with E-state index in [-0.39, 0.29) is 19.1 Å². The lowest BCUT2D eigenvalue weighted by atomic mass is 9.80. The number of piperidine rings is 1. The van der Waals surface area contributed by atoms with Crippen LogP contribution in [0.3, 0.4) is 0 Å². The third kappa shape index (κ3) is 4.65. The number of carboxylic acids is 1. The molecular formula is C20H26N2O4S. The van der Waals surface area contributed by atoms with Gasteiger partial charge in [-0.15, -0.1) is 11.3 Å². The lowest BCUT2D eigenvalue weighted by Gasteiger charge is -2.39. The molecule has 0 radical (unpaired) electrons. The summed E-state index contributed by atoms with van der Waals surface area (Å²) in [5, 5.41) is 10.7. The number of benzene rings is 1. The second-order valence-corrected chi connectivity index (χ2v) is 8.33. The molecule has 1 aliphatic rings. The first-order valence-electron chi connectivity index (χ1n) is 9.39. The van der Waals surface area contributed by atoms with Crippen LogP contribution in [-0.4, -0.2) is 53.7 Å². The molecular weight excluding hydrogens is 364 g/mol. The van der Waals surface area contributed by atoms with E-state index in [0.717, 1.165) is 29.8 Å². The topological polar surface area (TPSA) is 79.7 Å². The Morgan fingerprint density at radius 1 is 1.33 bits per heavy atom. The number of nitrogens with zero attached hydrogens (tertiary/aromatic N) is 2. The predicted molar refractivity (Wildman–Crippen MR) is 105 cm³/mol. The molecule has 1 atom stereocenters. The van der Waals surface area contributed by atoms with Crippen molar-refractivity contribution in [2.24, 2.45) is 5.41 Å². The maximum atomic E-state index is 12.5. The first kappa shape index (κ1) is 19.8. The second kappa shape index (κ2) is 8.80. The van der Waals surface area contributed by atoms with E-state index in [1.807, 2.05) is 18.2 Å². The van der Waals surface area contributed by atoms with Gasteiger partial charge in [-0.1, -0.05) is 12.1 Å². The van der Waals surface area contributed by atoms with Crippen molar-refractivity contribution < 1.29 is 19.4 Å². The number of rotatable bonds is 8. The summed E-state index contributed by atoms with van der Waals surface area (Å²) in [4.78, 5) is 30.6. The highest BCUT2D eigenvalue weighted by atomic mass is 32.1. The summed E-state index contributed by atoms with van der Waals surface area (Å²) >= 11 is 1.71. The van der Waals surface area contributed by atoms with Crippen molar-refractivity contribution in [2.45, 2.75) is 38.5 Å². The molecule has 1 N–H and O–H groups in total. The molecule has 0 aliphatic carbocycles. The van der Waals surface area contributed by atoms with E-state index in [1.54, 1.807) is 16.2 Å². The van der Waals surface area contributed by atoms with Gasteiger partial charge < -0.3 is 14.7 Å². The van der Waals surface area contributed by atoms with E-state index < -0.39 is 11.4 Å². The highest BCUT2D eigenvalue weighted by Crippen LogP contribution is 2.31. The number of likely N-dealkylation sites (tertiary alicyclic amines) is 1. The predicted octanol–water partition coefficient (Wildman–Crippen LogP) is 3.35. The Hall–Kier alpha value is -1.99. The third-order valence-corrected chi connectivity index (χ3v) is 6.27. The van der Waals surface area contributed by atoms with Gasteiger partial charge in [0.05, 0.1) is 21.8 Å². The molecule has 1 unspecified atom stereocenters. The zero-order valence-electron chi connectivity index (χ0n) is 15.6. The number of hydrogen-bond donors (Lipinski definition) is 1. The van der Waals surface area contributed by atoms with Crippen LogP contribution >= 0.6 is 11.3 Å². The molecule has 1 aliphatic heterocycles. The SMILES string of the molecule is COCC1(C(=O)O)CCCN(C(=O)CCCCc2nc3ccccc3s2)C1. The van der Waals surface area contributed by atoms with Gasteiger partial charge in [-0.2, -0.15) is 0 Å². The fraction of sp³-hybridized carbons (Fsp3) is 0.550. The van der Waals surface area contributed by atoms with Gasteiger partial charge in [-0.25, -0.2) is 4.98 Å². The largest absolute Gasteiger partial charge is 0.481 e. The number of aromatic nitrogens is 1. The fourth-order valence-electron chi connectivity index (χ4n) is 3.71. The van der Waals surface area contributed by atoms with Crippen LogP contribution in [0.1, 0.15) is 37.1 Å². The Bertz CT molecular complexity index is 769. The number of methoxy groups -OCH3 is 1. The van der Waals surface area contributed by atoms with Crippen LogP contribution in [0.2, 0.25) is 0 Å². The second-order valence-electron chi connectivity index (χ2n) is 7.22. The summed E-state index contributed by atoms with van der Waals surface area (Å²) in [6, 6.07) is 8.10. The number of carbonyl (C=O) groups is 2. The van der Waals surface area contributed by atoms with Crippen molar-refractivity contribution >= 4 is 33.4 Å². The molecule has 1 fully saturated rings. The average molecular weight is 391 g/mol. The summed E-state index contributed by atoms with van der Waals surface area (Å²) in [6.07, 6.45) is 4.27. The van der Waals surface area contributed by atoms with Crippen LogP contribution in [-0.2, 0) is 20.7 Å². The number of para-hydroxylation sites is 1. The Kier molecular flexibility index (Phi) is 6.44. The first-order valence-corrected chi connectivity index (χ1v) is 10.2. The van der Waals surface area contributed by atoms with Gasteiger partial charge in [0.2, 0.25) is 5.91 Å². The number of amides is 1. The summed E-state index contributed by atoms with van der Waals surface area (Å²) in [5.41, 5.74) is 0.0639. The summed E-state index contributed by atoms with van der Waals surface area (Å²) < 4.78 is 6.32. The summed E-state index contributed by atoms with van der Waals surface area (Å²) in [6.45, 7) is 1.02. The lowest BCUT2D eigenvalue weighted by Crippen LogP contribution is -2.52. The van der Waals surface area contributed by atoms with Crippen molar-refractivity contribution in [3.8, 4) is 0 Å². The van der Waals surface area contributed by atoms with Gasteiger partial charge >= 0.3 is 5.97 Å². The molecule has 7 heteroatoms. The molecule has 0 saturated carbocycles. The van der Waals surface area contributed by atoms with Gasteiger partial charge in [0.15, 0.2) is 0 Å². The van der Waals surface area contributed by atoms with Gasteiger partial charge in [0, 0.05) is 26.6 Å². The smallest absolute Gasteiger partial charge is 0.313 e. The van der Waals surface area contributed by atoms with E-state index in [2.05, 4.69) is 11.1 Å². The number of carbonyl (C=O) groups excluding carboxylic acids is 1. The molecule has 0 spiro atoms. The minimum absolute atomic E-state index is 0.0423.